The second-order valence-electron chi connectivity index (χ2n) is 3.32. The predicted molar refractivity (Wildman–Crippen MR) is 58.6 cm³/mol. The number of hydrogen-bond acceptors (Lipinski definition) is 5. The van der Waals surface area contributed by atoms with Crippen molar-refractivity contribution < 1.29 is 18.3 Å². The quantitative estimate of drug-likeness (QED) is 0.380. The lowest BCUT2D eigenvalue weighted by Crippen LogP contribution is -2.42. The normalized spacial score (nSPS) is 14.0. The van der Waals surface area contributed by atoms with Crippen molar-refractivity contribution in [3.05, 3.63) is 0 Å². The summed E-state index contributed by atoms with van der Waals surface area (Å²) in [6.45, 7) is 0.477. The van der Waals surface area contributed by atoms with Crippen LogP contribution in [0.4, 0.5) is 0 Å². The van der Waals surface area contributed by atoms with E-state index in [1.165, 1.54) is 0 Å². The van der Waals surface area contributed by atoms with Crippen molar-refractivity contribution in [3.63, 3.8) is 0 Å². The molecule has 0 saturated heterocycles. The van der Waals surface area contributed by atoms with Crippen LogP contribution < -0.4 is 16.6 Å². The minimum Gasteiger partial charge on any atom is -0.480 e. The van der Waals surface area contributed by atoms with E-state index >= 15 is 0 Å². The fourth-order valence-corrected chi connectivity index (χ4v) is 1.78. The number of rotatable bonds is 8. The third-order valence-corrected chi connectivity index (χ3v) is 3.06. The van der Waals surface area contributed by atoms with Crippen LogP contribution in [0.25, 0.3) is 0 Å². The van der Waals surface area contributed by atoms with Crippen molar-refractivity contribution in [1.82, 2.24) is 4.31 Å². The van der Waals surface area contributed by atoms with Gasteiger partial charge in [0.25, 0.3) is 10.2 Å². The first kappa shape index (κ1) is 15.3. The van der Waals surface area contributed by atoms with Crippen molar-refractivity contribution >= 4 is 16.2 Å². The summed E-state index contributed by atoms with van der Waals surface area (Å²) < 4.78 is 23.2. The van der Waals surface area contributed by atoms with Crippen LogP contribution in [0.5, 0.6) is 0 Å². The lowest BCUT2D eigenvalue weighted by molar-refractivity contribution is -0.138. The van der Waals surface area contributed by atoms with Crippen LogP contribution in [0, 0.1) is 0 Å². The van der Waals surface area contributed by atoms with E-state index < -0.39 is 22.2 Å². The van der Waals surface area contributed by atoms with Gasteiger partial charge in [0.1, 0.15) is 6.04 Å². The van der Waals surface area contributed by atoms with Gasteiger partial charge in [-0.2, -0.15) is 12.7 Å². The molecule has 8 nitrogen and oxygen atoms in total. The highest BCUT2D eigenvalue weighted by Gasteiger charge is 2.19. The summed E-state index contributed by atoms with van der Waals surface area (Å²) in [7, 11) is -3.83. The number of carboxylic acids is 1. The van der Waals surface area contributed by atoms with Crippen molar-refractivity contribution in [1.29, 1.82) is 0 Å². The summed E-state index contributed by atoms with van der Waals surface area (Å²) in [6.07, 6.45) is 0.467. The van der Waals surface area contributed by atoms with Crippen LogP contribution in [0.1, 0.15) is 12.8 Å². The minimum atomic E-state index is -3.83. The molecule has 96 valence electrons. The molecule has 0 heterocycles. The topological polar surface area (TPSA) is 153 Å². The summed E-state index contributed by atoms with van der Waals surface area (Å²) in [5.41, 5.74) is 10.5. The predicted octanol–water partition coefficient (Wildman–Crippen LogP) is -2.36. The Morgan fingerprint density at radius 3 is 2.31 bits per heavy atom. The first-order valence-corrected chi connectivity index (χ1v) is 6.25. The SMILES string of the molecule is NCCCN(CCC(N)C(=O)O)S(N)(=O)=O. The van der Waals surface area contributed by atoms with Crippen LogP contribution in [0.3, 0.4) is 0 Å². The van der Waals surface area contributed by atoms with Crippen LogP contribution in [0.15, 0.2) is 0 Å². The number of carbonyl (C=O) groups is 1. The van der Waals surface area contributed by atoms with E-state index in [9.17, 15) is 13.2 Å². The maximum absolute atomic E-state index is 11.1. The van der Waals surface area contributed by atoms with E-state index in [-0.39, 0.29) is 19.5 Å². The van der Waals surface area contributed by atoms with E-state index in [2.05, 4.69) is 0 Å². The standard InChI is InChI=1S/C7H18N4O4S/c8-3-1-4-11(16(10,14)15)5-2-6(9)7(12)13/h6H,1-5,8-9H2,(H,12,13)(H2,10,14,15). The van der Waals surface area contributed by atoms with Crippen LogP contribution in [-0.4, -0.2) is 49.5 Å². The molecule has 0 aromatic rings. The fourth-order valence-electron chi connectivity index (χ4n) is 1.04. The first-order chi connectivity index (χ1) is 7.29. The molecule has 0 aromatic carbocycles. The molecule has 0 fully saturated rings. The molecule has 7 N–H and O–H groups in total. The first-order valence-electron chi connectivity index (χ1n) is 4.75. The van der Waals surface area contributed by atoms with E-state index in [1.54, 1.807) is 0 Å². The van der Waals surface area contributed by atoms with Crippen LogP contribution in [0.2, 0.25) is 0 Å². The van der Waals surface area contributed by atoms with Crippen LogP contribution in [-0.2, 0) is 15.0 Å². The zero-order valence-electron chi connectivity index (χ0n) is 8.87. The molecular weight excluding hydrogens is 236 g/mol. The fraction of sp³-hybridized carbons (Fsp3) is 0.857. The molecule has 0 spiro atoms. The maximum atomic E-state index is 11.1. The monoisotopic (exact) mass is 254 g/mol. The summed E-state index contributed by atoms with van der Waals surface area (Å²) in [6, 6.07) is -1.10. The Hall–Kier alpha value is -0.740. The molecule has 0 saturated carbocycles. The number of nitrogens with zero attached hydrogens (tertiary/aromatic N) is 1. The average molecular weight is 254 g/mol. The van der Waals surface area contributed by atoms with E-state index in [0.29, 0.717) is 13.0 Å². The van der Waals surface area contributed by atoms with Gasteiger partial charge in [0, 0.05) is 13.1 Å². The number of nitrogens with two attached hydrogens (primary N) is 3. The van der Waals surface area contributed by atoms with Crippen molar-refractivity contribution in [2.45, 2.75) is 18.9 Å². The van der Waals surface area contributed by atoms with Gasteiger partial charge in [-0.05, 0) is 19.4 Å². The Morgan fingerprint density at radius 2 is 1.94 bits per heavy atom. The molecule has 1 unspecified atom stereocenters. The highest BCUT2D eigenvalue weighted by molar-refractivity contribution is 7.86. The molecule has 0 radical (unpaired) electrons. The third-order valence-electron chi connectivity index (χ3n) is 1.98. The molecule has 0 bridgehead atoms. The summed E-state index contributed by atoms with van der Waals surface area (Å²) in [4.78, 5) is 10.4. The maximum Gasteiger partial charge on any atom is 0.320 e. The Balaban J connectivity index is 4.28. The van der Waals surface area contributed by atoms with Gasteiger partial charge in [-0.15, -0.1) is 0 Å². The summed E-state index contributed by atoms with van der Waals surface area (Å²) >= 11 is 0. The number of aliphatic carboxylic acids is 1. The Bertz CT molecular complexity index is 318. The molecule has 0 aromatic heterocycles. The molecule has 1 atom stereocenters. The molecular formula is C7H18N4O4S. The highest BCUT2D eigenvalue weighted by Crippen LogP contribution is 2.00. The lowest BCUT2D eigenvalue weighted by Gasteiger charge is -2.19. The summed E-state index contributed by atoms with van der Waals surface area (Å²) in [5, 5.41) is 13.5. The van der Waals surface area contributed by atoms with E-state index in [4.69, 9.17) is 21.7 Å². The smallest absolute Gasteiger partial charge is 0.320 e. The van der Waals surface area contributed by atoms with Crippen molar-refractivity contribution in [2.75, 3.05) is 19.6 Å². The average Bonchev–Trinajstić information content (AvgIpc) is 2.15. The Morgan fingerprint density at radius 1 is 1.38 bits per heavy atom. The van der Waals surface area contributed by atoms with Crippen LogP contribution >= 0.6 is 0 Å². The van der Waals surface area contributed by atoms with Gasteiger partial charge in [0.15, 0.2) is 0 Å². The molecule has 9 heteroatoms. The van der Waals surface area contributed by atoms with Gasteiger partial charge in [-0.3, -0.25) is 4.79 Å². The summed E-state index contributed by atoms with van der Waals surface area (Å²) in [5.74, 6) is -1.17. The number of hydrogen-bond donors (Lipinski definition) is 4. The molecule has 0 aliphatic carbocycles. The molecule has 0 rings (SSSR count). The molecule has 0 aliphatic rings. The Kier molecular flexibility index (Phi) is 6.45. The van der Waals surface area contributed by atoms with Gasteiger partial charge in [-0.25, -0.2) is 5.14 Å². The van der Waals surface area contributed by atoms with Crippen molar-refractivity contribution in [3.8, 4) is 0 Å². The zero-order chi connectivity index (χ0) is 12.8. The second-order valence-corrected chi connectivity index (χ2v) is 4.87. The van der Waals surface area contributed by atoms with Gasteiger partial charge < -0.3 is 16.6 Å². The molecule has 16 heavy (non-hydrogen) atoms. The van der Waals surface area contributed by atoms with Gasteiger partial charge in [-0.1, -0.05) is 0 Å². The van der Waals surface area contributed by atoms with Gasteiger partial charge in [0.05, 0.1) is 0 Å². The lowest BCUT2D eigenvalue weighted by atomic mass is 10.2. The van der Waals surface area contributed by atoms with Gasteiger partial charge in [0.2, 0.25) is 0 Å². The number of carboxylic acid groups (broad SMARTS) is 1. The van der Waals surface area contributed by atoms with E-state index in [1.807, 2.05) is 0 Å². The van der Waals surface area contributed by atoms with Gasteiger partial charge >= 0.3 is 5.97 Å². The zero-order valence-corrected chi connectivity index (χ0v) is 9.69. The third kappa shape index (κ3) is 5.98. The van der Waals surface area contributed by atoms with Crippen molar-refractivity contribution in [2.24, 2.45) is 16.6 Å². The largest absolute Gasteiger partial charge is 0.480 e. The minimum absolute atomic E-state index is 0.0103. The Labute approximate surface area is 94.6 Å². The molecule has 0 aliphatic heterocycles. The molecule has 0 amide bonds. The van der Waals surface area contributed by atoms with E-state index in [0.717, 1.165) is 4.31 Å². The second kappa shape index (κ2) is 6.76. The highest BCUT2D eigenvalue weighted by atomic mass is 32.2.